The summed E-state index contributed by atoms with van der Waals surface area (Å²) in [5.41, 5.74) is 3.85. The highest BCUT2D eigenvalue weighted by Crippen LogP contribution is 2.38. The number of carbonyl (C=O) groups excluding carboxylic acids is 1. The standard InChI is InChI=1S/C29H28N2O3/c1-20(25-11-7-9-21-8-3-4-10-26(21)25)30-18-24-19-31(27-12-5-6-13-28(27)34-24)23-16-14-22(15-17-23)29(32)33-2/h3-17,20,24,30H,18-19H2,1-2H3/t20-,24?/m1/s1. The highest BCUT2D eigenvalue weighted by atomic mass is 16.5. The average Bonchev–Trinajstić information content (AvgIpc) is 2.90. The molecule has 5 rings (SSSR count). The Morgan fingerprint density at radius 2 is 1.74 bits per heavy atom. The highest BCUT2D eigenvalue weighted by molar-refractivity contribution is 5.90. The number of rotatable bonds is 6. The van der Waals surface area contributed by atoms with Gasteiger partial charge < -0.3 is 19.7 Å². The van der Waals surface area contributed by atoms with E-state index in [4.69, 9.17) is 9.47 Å². The van der Waals surface area contributed by atoms with E-state index in [-0.39, 0.29) is 18.1 Å². The van der Waals surface area contributed by atoms with E-state index < -0.39 is 0 Å². The van der Waals surface area contributed by atoms with Crippen molar-refractivity contribution < 1.29 is 14.3 Å². The Morgan fingerprint density at radius 1 is 1.00 bits per heavy atom. The third-order valence-electron chi connectivity index (χ3n) is 6.38. The Bertz CT molecular complexity index is 1300. The molecule has 0 bridgehead atoms. The van der Waals surface area contributed by atoms with Crippen molar-refractivity contribution in [3.8, 4) is 5.75 Å². The second-order valence-corrected chi connectivity index (χ2v) is 8.55. The molecule has 0 spiro atoms. The average molecular weight is 453 g/mol. The van der Waals surface area contributed by atoms with Crippen LogP contribution in [-0.2, 0) is 4.74 Å². The van der Waals surface area contributed by atoms with Crippen LogP contribution in [0, 0.1) is 0 Å². The molecule has 0 aliphatic carbocycles. The number of carbonyl (C=O) groups is 1. The Morgan fingerprint density at radius 3 is 2.56 bits per heavy atom. The third kappa shape index (κ3) is 4.35. The molecule has 0 saturated carbocycles. The van der Waals surface area contributed by atoms with Crippen molar-refractivity contribution in [2.24, 2.45) is 0 Å². The number of hydrogen-bond donors (Lipinski definition) is 1. The fraction of sp³-hybridized carbons (Fsp3) is 0.207. The second-order valence-electron chi connectivity index (χ2n) is 8.55. The Kier molecular flexibility index (Phi) is 6.19. The van der Waals surface area contributed by atoms with E-state index >= 15 is 0 Å². The first-order valence-corrected chi connectivity index (χ1v) is 11.6. The van der Waals surface area contributed by atoms with Gasteiger partial charge in [-0.3, -0.25) is 0 Å². The number of para-hydroxylation sites is 2. The molecule has 34 heavy (non-hydrogen) atoms. The van der Waals surface area contributed by atoms with Gasteiger partial charge in [0, 0.05) is 18.3 Å². The van der Waals surface area contributed by atoms with Crippen molar-refractivity contribution in [3.05, 3.63) is 102 Å². The summed E-state index contributed by atoms with van der Waals surface area (Å²) in [7, 11) is 1.39. The van der Waals surface area contributed by atoms with Crippen LogP contribution in [0.2, 0.25) is 0 Å². The van der Waals surface area contributed by atoms with Crippen molar-refractivity contribution in [3.63, 3.8) is 0 Å². The van der Waals surface area contributed by atoms with Crippen LogP contribution in [0.15, 0.2) is 91.0 Å². The lowest BCUT2D eigenvalue weighted by Crippen LogP contribution is -2.44. The van der Waals surface area contributed by atoms with Gasteiger partial charge in [-0.05, 0) is 59.7 Å². The van der Waals surface area contributed by atoms with E-state index in [1.165, 1.54) is 23.4 Å². The lowest BCUT2D eigenvalue weighted by Gasteiger charge is -2.37. The predicted octanol–water partition coefficient (Wildman–Crippen LogP) is 5.88. The maximum Gasteiger partial charge on any atom is 0.337 e. The zero-order chi connectivity index (χ0) is 23.5. The molecule has 1 N–H and O–H groups in total. The van der Waals surface area contributed by atoms with Gasteiger partial charge in [-0.1, -0.05) is 54.6 Å². The van der Waals surface area contributed by atoms with E-state index in [1.54, 1.807) is 12.1 Å². The summed E-state index contributed by atoms with van der Waals surface area (Å²) in [6.07, 6.45) is -0.0346. The number of fused-ring (bicyclic) bond motifs is 2. The van der Waals surface area contributed by atoms with Gasteiger partial charge in [0.2, 0.25) is 0 Å². The molecule has 0 amide bonds. The molecule has 1 aliphatic rings. The lowest BCUT2D eigenvalue weighted by molar-refractivity contribution is 0.0600. The SMILES string of the molecule is COC(=O)c1ccc(N2CC(CN[C@H](C)c3cccc4ccccc34)Oc3ccccc32)cc1. The second kappa shape index (κ2) is 9.57. The number of esters is 1. The fourth-order valence-corrected chi connectivity index (χ4v) is 4.59. The minimum atomic E-state index is -0.335. The molecule has 4 aromatic rings. The number of methoxy groups -OCH3 is 1. The first-order chi connectivity index (χ1) is 16.6. The molecular formula is C29H28N2O3. The number of hydrogen-bond acceptors (Lipinski definition) is 5. The van der Waals surface area contributed by atoms with Crippen LogP contribution in [0.25, 0.3) is 10.8 Å². The number of anilines is 2. The molecule has 4 aromatic carbocycles. The molecule has 5 nitrogen and oxygen atoms in total. The summed E-state index contributed by atoms with van der Waals surface area (Å²) in [6, 6.07) is 30.7. The van der Waals surface area contributed by atoms with E-state index in [2.05, 4.69) is 65.7 Å². The van der Waals surface area contributed by atoms with Crippen LogP contribution in [0.3, 0.4) is 0 Å². The van der Waals surface area contributed by atoms with Crippen molar-refractivity contribution in [1.82, 2.24) is 5.32 Å². The quantitative estimate of drug-likeness (QED) is 0.371. The van der Waals surface area contributed by atoms with Crippen LogP contribution in [0.4, 0.5) is 11.4 Å². The Balaban J connectivity index is 1.35. The van der Waals surface area contributed by atoms with Gasteiger partial charge in [0.15, 0.2) is 0 Å². The van der Waals surface area contributed by atoms with E-state index in [1.807, 2.05) is 30.3 Å². The minimum absolute atomic E-state index is 0.0346. The van der Waals surface area contributed by atoms with Gasteiger partial charge in [0.25, 0.3) is 0 Å². The smallest absolute Gasteiger partial charge is 0.337 e. The fourth-order valence-electron chi connectivity index (χ4n) is 4.59. The predicted molar refractivity (Wildman–Crippen MR) is 136 cm³/mol. The molecular weight excluding hydrogens is 424 g/mol. The first-order valence-electron chi connectivity index (χ1n) is 11.6. The molecule has 2 atom stereocenters. The zero-order valence-corrected chi connectivity index (χ0v) is 19.4. The summed E-state index contributed by atoms with van der Waals surface area (Å²) in [5, 5.41) is 6.20. The topological polar surface area (TPSA) is 50.8 Å². The van der Waals surface area contributed by atoms with Gasteiger partial charge in [-0.15, -0.1) is 0 Å². The molecule has 0 fully saturated rings. The van der Waals surface area contributed by atoms with Crippen LogP contribution >= 0.6 is 0 Å². The molecule has 0 radical (unpaired) electrons. The summed E-state index contributed by atoms with van der Waals surface area (Å²) in [5.74, 6) is 0.522. The van der Waals surface area contributed by atoms with E-state index in [0.29, 0.717) is 18.7 Å². The summed E-state index contributed by atoms with van der Waals surface area (Å²) in [4.78, 5) is 14.1. The van der Waals surface area contributed by atoms with Crippen molar-refractivity contribution in [1.29, 1.82) is 0 Å². The van der Waals surface area contributed by atoms with E-state index in [9.17, 15) is 4.79 Å². The Hall–Kier alpha value is -3.83. The number of nitrogens with zero attached hydrogens (tertiary/aromatic N) is 1. The number of benzene rings is 4. The van der Waals surface area contributed by atoms with E-state index in [0.717, 1.165) is 17.1 Å². The number of ether oxygens (including phenoxy) is 2. The molecule has 1 unspecified atom stereocenters. The van der Waals surface area contributed by atoms with Gasteiger partial charge in [-0.2, -0.15) is 0 Å². The maximum absolute atomic E-state index is 11.8. The molecule has 0 saturated heterocycles. The van der Waals surface area contributed by atoms with Gasteiger partial charge in [0.1, 0.15) is 11.9 Å². The van der Waals surface area contributed by atoms with Crippen molar-refractivity contribution in [2.45, 2.75) is 19.1 Å². The van der Waals surface area contributed by atoms with Crippen molar-refractivity contribution >= 4 is 28.1 Å². The normalized spacial score (nSPS) is 15.9. The zero-order valence-electron chi connectivity index (χ0n) is 19.4. The van der Waals surface area contributed by atoms with Crippen LogP contribution in [0.1, 0.15) is 28.9 Å². The highest BCUT2D eigenvalue weighted by Gasteiger charge is 2.27. The molecule has 0 aromatic heterocycles. The van der Waals surface area contributed by atoms with Gasteiger partial charge in [-0.25, -0.2) is 4.79 Å². The lowest BCUT2D eigenvalue weighted by atomic mass is 9.99. The molecule has 172 valence electrons. The Labute approximate surface area is 199 Å². The summed E-state index contributed by atoms with van der Waals surface area (Å²) >= 11 is 0. The molecule has 5 heteroatoms. The molecule has 1 heterocycles. The monoisotopic (exact) mass is 452 g/mol. The first kappa shape index (κ1) is 22.0. The minimum Gasteiger partial charge on any atom is -0.485 e. The summed E-state index contributed by atoms with van der Waals surface area (Å²) < 4.78 is 11.2. The van der Waals surface area contributed by atoms with Crippen LogP contribution in [-0.4, -0.2) is 32.3 Å². The largest absolute Gasteiger partial charge is 0.485 e. The van der Waals surface area contributed by atoms with Gasteiger partial charge >= 0.3 is 5.97 Å². The van der Waals surface area contributed by atoms with Crippen LogP contribution in [0.5, 0.6) is 5.75 Å². The maximum atomic E-state index is 11.8. The third-order valence-corrected chi connectivity index (χ3v) is 6.38. The van der Waals surface area contributed by atoms with Crippen molar-refractivity contribution in [2.75, 3.05) is 25.1 Å². The van der Waals surface area contributed by atoms with Gasteiger partial charge in [0.05, 0.1) is 24.9 Å². The number of nitrogens with one attached hydrogen (secondary N) is 1. The van der Waals surface area contributed by atoms with Crippen LogP contribution < -0.4 is 15.0 Å². The summed E-state index contributed by atoms with van der Waals surface area (Å²) in [6.45, 7) is 3.60. The molecule has 1 aliphatic heterocycles.